The molecule has 0 unspecified atom stereocenters. The van der Waals surface area contributed by atoms with E-state index in [1.807, 2.05) is 13.8 Å². The maximum Gasteiger partial charge on any atom is 0.172 e. The van der Waals surface area contributed by atoms with Crippen LogP contribution in [0.5, 0.6) is 0 Å². The van der Waals surface area contributed by atoms with Crippen molar-refractivity contribution in [1.82, 2.24) is 9.78 Å². The molecule has 0 saturated heterocycles. The zero-order valence-corrected chi connectivity index (χ0v) is 12.7. The topological polar surface area (TPSA) is 76.4 Å². The fourth-order valence-electron chi connectivity index (χ4n) is 1.81. The van der Waals surface area contributed by atoms with Crippen LogP contribution in [0.4, 0.5) is 0 Å². The first-order chi connectivity index (χ1) is 8.95. The molecule has 2 rings (SSSR count). The second-order valence-corrected chi connectivity index (χ2v) is 5.27. The Kier molecular flexibility index (Phi) is 3.82. The van der Waals surface area contributed by atoms with Crippen molar-refractivity contribution in [2.24, 2.45) is 10.9 Å². The van der Waals surface area contributed by atoms with Crippen molar-refractivity contribution in [1.29, 1.82) is 0 Å². The molecular formula is C12H12BrClN4O. The molecule has 0 aliphatic carbocycles. The van der Waals surface area contributed by atoms with E-state index in [1.54, 1.807) is 22.9 Å². The Hall–Kier alpha value is -1.53. The van der Waals surface area contributed by atoms with Crippen LogP contribution in [0.3, 0.4) is 0 Å². The third-order valence-corrected chi connectivity index (χ3v) is 4.16. The predicted octanol–water partition coefficient (Wildman–Crippen LogP) is 3.00. The number of hydrogen-bond acceptors (Lipinski definition) is 3. The zero-order valence-electron chi connectivity index (χ0n) is 10.4. The highest BCUT2D eigenvalue weighted by Crippen LogP contribution is 2.26. The molecule has 0 saturated carbocycles. The number of benzene rings is 1. The van der Waals surface area contributed by atoms with Gasteiger partial charge in [0.2, 0.25) is 0 Å². The lowest BCUT2D eigenvalue weighted by atomic mass is 10.1. The van der Waals surface area contributed by atoms with Crippen molar-refractivity contribution in [3.63, 3.8) is 0 Å². The number of halogens is 2. The lowest BCUT2D eigenvalue weighted by Crippen LogP contribution is -2.17. The largest absolute Gasteiger partial charge is 0.409 e. The van der Waals surface area contributed by atoms with Gasteiger partial charge in [-0.05, 0) is 48.0 Å². The van der Waals surface area contributed by atoms with Crippen LogP contribution in [-0.2, 0) is 0 Å². The SMILES string of the molecule is Cc1nn(-c2ccc(Cl)cc2C(N)=NO)c(C)c1Br. The average molecular weight is 344 g/mol. The number of amidine groups is 1. The molecule has 1 aromatic carbocycles. The number of rotatable bonds is 2. The summed E-state index contributed by atoms with van der Waals surface area (Å²) in [6.07, 6.45) is 0. The van der Waals surface area contributed by atoms with Crippen LogP contribution in [0, 0.1) is 13.8 Å². The van der Waals surface area contributed by atoms with Crippen molar-refractivity contribution in [2.45, 2.75) is 13.8 Å². The van der Waals surface area contributed by atoms with Gasteiger partial charge in [0.15, 0.2) is 5.84 Å². The summed E-state index contributed by atoms with van der Waals surface area (Å²) in [7, 11) is 0. The van der Waals surface area contributed by atoms with E-state index in [4.69, 9.17) is 22.5 Å². The molecule has 0 radical (unpaired) electrons. The van der Waals surface area contributed by atoms with Crippen LogP contribution in [-0.4, -0.2) is 20.8 Å². The second-order valence-electron chi connectivity index (χ2n) is 4.04. The second kappa shape index (κ2) is 5.22. The Morgan fingerprint density at radius 2 is 2.16 bits per heavy atom. The van der Waals surface area contributed by atoms with E-state index in [1.165, 1.54) is 0 Å². The van der Waals surface area contributed by atoms with E-state index in [0.717, 1.165) is 15.9 Å². The van der Waals surface area contributed by atoms with E-state index in [0.29, 0.717) is 16.3 Å². The molecule has 0 aliphatic rings. The Morgan fingerprint density at radius 3 is 2.68 bits per heavy atom. The first-order valence-electron chi connectivity index (χ1n) is 5.45. The Morgan fingerprint density at radius 1 is 1.47 bits per heavy atom. The molecule has 0 fully saturated rings. The maximum absolute atomic E-state index is 8.86. The average Bonchev–Trinajstić information content (AvgIpc) is 2.65. The van der Waals surface area contributed by atoms with E-state index < -0.39 is 0 Å². The van der Waals surface area contributed by atoms with Crippen molar-refractivity contribution in [2.75, 3.05) is 0 Å². The summed E-state index contributed by atoms with van der Waals surface area (Å²) in [5.41, 5.74) is 8.69. The minimum absolute atomic E-state index is 0.0128. The molecule has 7 heteroatoms. The number of aromatic nitrogens is 2. The number of nitrogens with zero attached hydrogens (tertiary/aromatic N) is 3. The lowest BCUT2D eigenvalue weighted by molar-refractivity contribution is 0.318. The van der Waals surface area contributed by atoms with Gasteiger partial charge >= 0.3 is 0 Å². The molecule has 19 heavy (non-hydrogen) atoms. The van der Waals surface area contributed by atoms with Gasteiger partial charge in [-0.15, -0.1) is 0 Å². The van der Waals surface area contributed by atoms with Gasteiger partial charge in [-0.2, -0.15) is 5.10 Å². The highest BCUT2D eigenvalue weighted by atomic mass is 79.9. The summed E-state index contributed by atoms with van der Waals surface area (Å²) in [6.45, 7) is 3.82. The van der Waals surface area contributed by atoms with Crippen molar-refractivity contribution < 1.29 is 5.21 Å². The summed E-state index contributed by atoms with van der Waals surface area (Å²) in [5, 5.41) is 16.8. The summed E-state index contributed by atoms with van der Waals surface area (Å²) < 4.78 is 2.65. The van der Waals surface area contributed by atoms with E-state index in [9.17, 15) is 0 Å². The molecule has 100 valence electrons. The Balaban J connectivity index is 2.72. The van der Waals surface area contributed by atoms with Crippen molar-refractivity contribution in [3.05, 3.63) is 44.6 Å². The minimum Gasteiger partial charge on any atom is -0.409 e. The van der Waals surface area contributed by atoms with Crippen LogP contribution in [0.25, 0.3) is 5.69 Å². The van der Waals surface area contributed by atoms with Crippen LogP contribution in [0.15, 0.2) is 27.8 Å². The van der Waals surface area contributed by atoms with Gasteiger partial charge < -0.3 is 10.9 Å². The van der Waals surface area contributed by atoms with Crippen molar-refractivity contribution in [3.8, 4) is 5.69 Å². The number of aryl methyl sites for hydroxylation is 1. The number of hydrogen-bond donors (Lipinski definition) is 2. The van der Waals surface area contributed by atoms with E-state index in [-0.39, 0.29) is 5.84 Å². The molecule has 3 N–H and O–H groups in total. The van der Waals surface area contributed by atoms with Crippen LogP contribution >= 0.6 is 27.5 Å². The minimum atomic E-state index is -0.0128. The standard InChI is InChI=1S/C12H12BrClN4O/c1-6-11(13)7(2)18(16-6)10-4-3-8(14)5-9(10)12(15)17-19/h3-5,19H,1-2H3,(H2,15,17). The van der Waals surface area contributed by atoms with Gasteiger partial charge in [0.1, 0.15) is 0 Å². The third-order valence-electron chi connectivity index (χ3n) is 2.77. The smallest absolute Gasteiger partial charge is 0.172 e. The highest BCUT2D eigenvalue weighted by Gasteiger charge is 2.15. The third kappa shape index (κ3) is 2.46. The fraction of sp³-hybridized carbons (Fsp3) is 0.167. The highest BCUT2D eigenvalue weighted by molar-refractivity contribution is 9.10. The number of nitrogens with two attached hydrogens (primary N) is 1. The van der Waals surface area contributed by atoms with Gasteiger partial charge in [-0.3, -0.25) is 0 Å². The predicted molar refractivity (Wildman–Crippen MR) is 78.3 cm³/mol. The van der Waals surface area contributed by atoms with Crippen LogP contribution < -0.4 is 5.73 Å². The summed E-state index contributed by atoms with van der Waals surface area (Å²) in [6, 6.07) is 5.15. The summed E-state index contributed by atoms with van der Waals surface area (Å²) >= 11 is 9.42. The molecule has 5 nitrogen and oxygen atoms in total. The molecule has 0 spiro atoms. The van der Waals surface area contributed by atoms with Crippen LogP contribution in [0.2, 0.25) is 5.02 Å². The lowest BCUT2D eigenvalue weighted by Gasteiger charge is -2.10. The van der Waals surface area contributed by atoms with Gasteiger partial charge in [-0.25, -0.2) is 4.68 Å². The number of oxime groups is 1. The van der Waals surface area contributed by atoms with Gasteiger partial charge in [0.25, 0.3) is 0 Å². The zero-order chi connectivity index (χ0) is 14.2. The van der Waals surface area contributed by atoms with Gasteiger partial charge in [0.05, 0.1) is 21.5 Å². The molecule has 0 bridgehead atoms. The summed E-state index contributed by atoms with van der Waals surface area (Å²) in [4.78, 5) is 0. The van der Waals surface area contributed by atoms with E-state index >= 15 is 0 Å². The van der Waals surface area contributed by atoms with E-state index in [2.05, 4.69) is 26.2 Å². The first kappa shape index (κ1) is 13.9. The normalized spacial score (nSPS) is 11.9. The monoisotopic (exact) mass is 342 g/mol. The molecule has 2 aromatic rings. The molecule has 0 amide bonds. The van der Waals surface area contributed by atoms with Gasteiger partial charge in [-0.1, -0.05) is 16.8 Å². The quantitative estimate of drug-likeness (QED) is 0.381. The van der Waals surface area contributed by atoms with Crippen molar-refractivity contribution >= 4 is 33.4 Å². The Bertz CT molecular complexity index is 666. The van der Waals surface area contributed by atoms with Crippen LogP contribution in [0.1, 0.15) is 17.0 Å². The Labute approximate surface area is 123 Å². The molecule has 1 heterocycles. The maximum atomic E-state index is 8.86. The molecule has 1 aromatic heterocycles. The molecular weight excluding hydrogens is 332 g/mol. The van der Waals surface area contributed by atoms with Gasteiger partial charge in [0, 0.05) is 10.6 Å². The molecule has 0 atom stereocenters. The molecule has 0 aliphatic heterocycles. The fourth-order valence-corrected chi connectivity index (χ4v) is 2.23. The summed E-state index contributed by atoms with van der Waals surface area (Å²) in [5.74, 6) is -0.0128. The first-order valence-corrected chi connectivity index (χ1v) is 6.62.